The number of rotatable bonds is 8. The summed E-state index contributed by atoms with van der Waals surface area (Å²) in [6.07, 6.45) is 8.69. The molecular formula is C45H71N3O8. The Kier molecular flexibility index (Phi) is 11.1. The highest BCUT2D eigenvalue weighted by molar-refractivity contribution is 6.02. The number of carbonyl (C=O) groups excluding carboxylic acids is 4. The molecule has 0 radical (unpaired) electrons. The standard InChI is InChI=1S/C45H71N3O8/c1-26(2)35-30(49)23-45(47-38(53)46-25-27-13-12-22-48(27)39(54)56-40(3,4)5)21-16-29-28(36(35)45)14-15-32-43(29,10)19-17-31-42(8,9)33(18-20-44(31,32)11)55-34(50)24-41(6,7)37(51)52/h26-29,31-33H,12-25H2,1-11H3,(H,51,52)(H2,46,47,53). The molecule has 9 unspecified atom stereocenters. The quantitative estimate of drug-likeness (QED) is 0.208. The molecule has 5 fully saturated rings. The van der Waals surface area contributed by atoms with Crippen molar-refractivity contribution in [2.45, 2.75) is 176 Å². The molecule has 1 aliphatic heterocycles. The largest absolute Gasteiger partial charge is 0.481 e. The fourth-order valence-corrected chi connectivity index (χ4v) is 13.3. The summed E-state index contributed by atoms with van der Waals surface area (Å²) in [5.41, 5.74) is -0.527. The lowest BCUT2D eigenvalue weighted by molar-refractivity contribution is -0.213. The number of carboxylic acids is 1. The number of hydrogen-bond acceptors (Lipinski definition) is 7. The summed E-state index contributed by atoms with van der Waals surface area (Å²) < 4.78 is 11.8. The first-order chi connectivity index (χ1) is 25.9. The number of urea groups is 1. The van der Waals surface area contributed by atoms with Gasteiger partial charge in [-0.1, -0.05) is 41.5 Å². The topological polar surface area (TPSA) is 151 Å². The molecule has 0 aromatic rings. The molecule has 11 nitrogen and oxygen atoms in total. The molecule has 1 saturated heterocycles. The van der Waals surface area contributed by atoms with Gasteiger partial charge in [-0.2, -0.15) is 0 Å². The lowest BCUT2D eigenvalue weighted by atomic mass is 9.37. The number of carbonyl (C=O) groups is 5. The maximum atomic E-state index is 14.0. The first-order valence-corrected chi connectivity index (χ1v) is 21.6. The van der Waals surface area contributed by atoms with E-state index in [-0.39, 0.29) is 64.6 Å². The van der Waals surface area contributed by atoms with Crippen molar-refractivity contribution >= 4 is 29.8 Å². The van der Waals surface area contributed by atoms with Gasteiger partial charge in [0.25, 0.3) is 0 Å². The third-order valence-corrected chi connectivity index (χ3v) is 15.8. The van der Waals surface area contributed by atoms with Crippen molar-refractivity contribution in [2.75, 3.05) is 13.1 Å². The third-order valence-electron chi connectivity index (χ3n) is 15.8. The van der Waals surface area contributed by atoms with E-state index in [1.54, 1.807) is 18.7 Å². The van der Waals surface area contributed by atoms with Crippen molar-refractivity contribution in [3.63, 3.8) is 0 Å². The molecule has 0 bridgehead atoms. The van der Waals surface area contributed by atoms with Gasteiger partial charge in [-0.15, -0.1) is 0 Å². The van der Waals surface area contributed by atoms with Crippen LogP contribution in [-0.4, -0.2) is 76.2 Å². The number of allylic oxidation sites excluding steroid dienone is 1. The molecule has 0 spiro atoms. The minimum Gasteiger partial charge on any atom is -0.481 e. The van der Waals surface area contributed by atoms with Crippen LogP contribution in [0, 0.1) is 51.2 Å². The number of nitrogens with one attached hydrogen (secondary N) is 2. The third kappa shape index (κ3) is 7.39. The van der Waals surface area contributed by atoms with Crippen molar-refractivity contribution in [1.82, 2.24) is 15.5 Å². The van der Waals surface area contributed by atoms with E-state index in [1.165, 1.54) is 5.57 Å². The second-order valence-electron chi connectivity index (χ2n) is 21.7. The number of ether oxygens (including phenoxy) is 2. The van der Waals surface area contributed by atoms with Gasteiger partial charge >= 0.3 is 24.1 Å². The average molecular weight is 782 g/mol. The fourth-order valence-electron chi connectivity index (χ4n) is 13.3. The summed E-state index contributed by atoms with van der Waals surface area (Å²) in [7, 11) is 0. The number of ketones is 1. The SMILES string of the molecule is CC(C)C1=C2C3CCC4C(C)(CCC5C(C)(C)C(OC(=O)CC(C)(C)C(=O)O)CCC54C)C3CCC2(NC(=O)NCC2CCCN2C(=O)OC(C)(C)C)CC1=O. The van der Waals surface area contributed by atoms with E-state index >= 15 is 0 Å². The van der Waals surface area contributed by atoms with Crippen LogP contribution in [-0.2, 0) is 23.9 Å². The second-order valence-corrected chi connectivity index (χ2v) is 21.7. The summed E-state index contributed by atoms with van der Waals surface area (Å²) in [5, 5.41) is 16.1. The molecule has 4 saturated carbocycles. The number of fused-ring (bicyclic) bond motifs is 7. The number of hydrogen-bond donors (Lipinski definition) is 3. The number of aliphatic carboxylic acids is 1. The minimum atomic E-state index is -1.18. The van der Waals surface area contributed by atoms with Crippen molar-refractivity contribution < 1.29 is 38.6 Å². The maximum Gasteiger partial charge on any atom is 0.410 e. The minimum absolute atomic E-state index is 0.0472. The molecule has 6 rings (SSSR count). The maximum absolute atomic E-state index is 14.0. The average Bonchev–Trinajstić information content (AvgIpc) is 3.65. The molecule has 314 valence electrons. The molecule has 3 N–H and O–H groups in total. The normalized spacial score (nSPS) is 36.6. The molecular weight excluding hydrogens is 711 g/mol. The highest BCUT2D eigenvalue weighted by Gasteiger charge is 2.67. The van der Waals surface area contributed by atoms with Crippen LogP contribution in [0.4, 0.5) is 9.59 Å². The highest BCUT2D eigenvalue weighted by Crippen LogP contribution is 2.72. The summed E-state index contributed by atoms with van der Waals surface area (Å²) in [4.78, 5) is 67.3. The van der Waals surface area contributed by atoms with Gasteiger partial charge in [0.15, 0.2) is 5.78 Å². The van der Waals surface area contributed by atoms with E-state index in [2.05, 4.69) is 52.2 Å². The Morgan fingerprint density at radius 1 is 0.893 bits per heavy atom. The number of carboxylic acid groups (broad SMARTS) is 1. The Balaban J connectivity index is 1.19. The van der Waals surface area contributed by atoms with E-state index in [9.17, 15) is 29.1 Å². The molecule has 11 heteroatoms. The predicted octanol–water partition coefficient (Wildman–Crippen LogP) is 8.44. The zero-order chi connectivity index (χ0) is 41.4. The van der Waals surface area contributed by atoms with Crippen LogP contribution in [0.5, 0.6) is 0 Å². The van der Waals surface area contributed by atoms with Crippen LogP contribution in [0.15, 0.2) is 11.1 Å². The van der Waals surface area contributed by atoms with Gasteiger partial charge < -0.3 is 30.1 Å². The Morgan fingerprint density at radius 2 is 1.57 bits per heavy atom. The molecule has 9 atom stereocenters. The van der Waals surface area contributed by atoms with Gasteiger partial charge in [0.05, 0.1) is 23.4 Å². The Hall–Kier alpha value is -3.11. The Bertz CT molecular complexity index is 1640. The molecule has 56 heavy (non-hydrogen) atoms. The van der Waals surface area contributed by atoms with E-state index in [1.807, 2.05) is 20.8 Å². The molecule has 3 amide bonds. The van der Waals surface area contributed by atoms with Gasteiger partial charge in [0.1, 0.15) is 11.7 Å². The fraction of sp³-hybridized carbons (Fsp3) is 0.844. The van der Waals surface area contributed by atoms with E-state index in [0.717, 1.165) is 69.8 Å². The number of Topliss-reactive ketones (excluding diaryl/α,β-unsaturated/α-hetero) is 1. The van der Waals surface area contributed by atoms with Crippen LogP contribution in [0.1, 0.15) is 153 Å². The summed E-state index contributed by atoms with van der Waals surface area (Å²) in [5.74, 6) is 0.210. The lowest BCUT2D eigenvalue weighted by Gasteiger charge is -2.68. The van der Waals surface area contributed by atoms with Gasteiger partial charge in [-0.3, -0.25) is 14.4 Å². The van der Waals surface area contributed by atoms with Gasteiger partial charge in [-0.05, 0) is 150 Å². The van der Waals surface area contributed by atoms with Crippen LogP contribution < -0.4 is 10.6 Å². The molecule has 6 aliphatic rings. The van der Waals surface area contributed by atoms with Crippen LogP contribution in [0.25, 0.3) is 0 Å². The van der Waals surface area contributed by atoms with Crippen molar-refractivity contribution in [3.05, 3.63) is 11.1 Å². The Morgan fingerprint density at radius 3 is 2.21 bits per heavy atom. The summed E-state index contributed by atoms with van der Waals surface area (Å²) in [6, 6.07) is -0.424. The monoisotopic (exact) mass is 782 g/mol. The van der Waals surface area contributed by atoms with Crippen molar-refractivity contribution in [1.29, 1.82) is 0 Å². The Labute approximate surface area is 335 Å². The van der Waals surface area contributed by atoms with Crippen LogP contribution >= 0.6 is 0 Å². The smallest absolute Gasteiger partial charge is 0.410 e. The van der Waals surface area contributed by atoms with E-state index in [0.29, 0.717) is 37.3 Å². The van der Waals surface area contributed by atoms with E-state index in [4.69, 9.17) is 9.47 Å². The van der Waals surface area contributed by atoms with Crippen LogP contribution in [0.3, 0.4) is 0 Å². The first kappa shape index (κ1) is 42.5. The van der Waals surface area contributed by atoms with Gasteiger partial charge in [-0.25, -0.2) is 9.59 Å². The lowest BCUT2D eigenvalue weighted by Crippen LogP contribution is -2.64. The molecule has 1 heterocycles. The molecule has 5 aliphatic carbocycles. The van der Waals surface area contributed by atoms with Crippen molar-refractivity contribution in [2.24, 2.45) is 51.2 Å². The summed E-state index contributed by atoms with van der Waals surface area (Å²) in [6.45, 7) is 23.4. The van der Waals surface area contributed by atoms with Crippen LogP contribution in [0.2, 0.25) is 0 Å². The summed E-state index contributed by atoms with van der Waals surface area (Å²) >= 11 is 0. The zero-order valence-electron chi connectivity index (χ0n) is 36.2. The number of esters is 1. The molecule has 0 aromatic carbocycles. The highest BCUT2D eigenvalue weighted by atomic mass is 16.6. The van der Waals surface area contributed by atoms with E-state index < -0.39 is 28.5 Å². The van der Waals surface area contributed by atoms with Gasteiger partial charge in [0.2, 0.25) is 0 Å². The second kappa shape index (κ2) is 14.6. The number of nitrogens with zero attached hydrogens (tertiary/aromatic N) is 1. The first-order valence-electron chi connectivity index (χ1n) is 21.6. The van der Waals surface area contributed by atoms with Crippen molar-refractivity contribution in [3.8, 4) is 0 Å². The van der Waals surface area contributed by atoms with Gasteiger partial charge in [0, 0.05) is 24.9 Å². The zero-order valence-corrected chi connectivity index (χ0v) is 36.2. The molecule has 0 aromatic heterocycles. The predicted molar refractivity (Wildman–Crippen MR) is 214 cm³/mol. The number of amides is 3. The number of likely N-dealkylation sites (tertiary alicyclic amines) is 1.